The van der Waals surface area contributed by atoms with E-state index in [0.717, 1.165) is 11.3 Å². The fourth-order valence-electron chi connectivity index (χ4n) is 3.05. The molecule has 0 spiro atoms. The number of rotatable bonds is 4. The summed E-state index contributed by atoms with van der Waals surface area (Å²) in [6.07, 6.45) is 7.19. The van der Waals surface area contributed by atoms with E-state index in [0.29, 0.717) is 18.7 Å². The summed E-state index contributed by atoms with van der Waals surface area (Å²) in [7, 11) is 0. The monoisotopic (exact) mass is 304 g/mol. The number of pyridine rings is 1. The molecule has 5 nitrogen and oxygen atoms in total. The van der Waals surface area contributed by atoms with Crippen LogP contribution in [0.15, 0.2) is 67.4 Å². The fourth-order valence-corrected chi connectivity index (χ4v) is 3.05. The molecule has 5 heteroatoms. The van der Waals surface area contributed by atoms with E-state index in [4.69, 9.17) is 0 Å². The van der Waals surface area contributed by atoms with E-state index in [1.54, 1.807) is 18.7 Å². The fraction of sp³-hybridized carbons (Fsp3) is 0.167. The zero-order valence-electron chi connectivity index (χ0n) is 12.5. The molecule has 0 saturated heterocycles. The third kappa shape index (κ3) is 2.50. The Morgan fingerprint density at radius 2 is 1.96 bits per heavy atom. The van der Waals surface area contributed by atoms with Gasteiger partial charge in [-0.1, -0.05) is 30.3 Å². The molecule has 23 heavy (non-hydrogen) atoms. The summed E-state index contributed by atoms with van der Waals surface area (Å²) < 4.78 is 2.00. The predicted molar refractivity (Wildman–Crippen MR) is 85.5 cm³/mol. The zero-order chi connectivity index (χ0) is 15.6. The predicted octanol–water partition coefficient (Wildman–Crippen LogP) is 2.68. The molecule has 1 unspecified atom stereocenters. The molecule has 0 N–H and O–H groups in total. The largest absolute Gasteiger partial charge is 0.335 e. The lowest BCUT2D eigenvalue weighted by Gasteiger charge is -2.28. The zero-order valence-corrected chi connectivity index (χ0v) is 12.5. The SMILES string of the molecule is O=C1c2cccnc2CN1C(Cn1ccnc1)c1ccccc1. The quantitative estimate of drug-likeness (QED) is 0.744. The van der Waals surface area contributed by atoms with Crippen LogP contribution in [-0.4, -0.2) is 25.3 Å². The molecule has 1 amide bonds. The summed E-state index contributed by atoms with van der Waals surface area (Å²) >= 11 is 0. The number of hydrogen-bond acceptors (Lipinski definition) is 3. The number of aromatic nitrogens is 3. The number of hydrogen-bond donors (Lipinski definition) is 0. The average Bonchev–Trinajstić information content (AvgIpc) is 3.22. The van der Waals surface area contributed by atoms with Crippen molar-refractivity contribution in [1.29, 1.82) is 0 Å². The summed E-state index contributed by atoms with van der Waals surface area (Å²) in [5, 5.41) is 0. The Labute approximate surface area is 134 Å². The second kappa shape index (κ2) is 5.68. The van der Waals surface area contributed by atoms with Gasteiger partial charge >= 0.3 is 0 Å². The van der Waals surface area contributed by atoms with Crippen LogP contribution in [0.5, 0.6) is 0 Å². The van der Waals surface area contributed by atoms with Crippen LogP contribution in [0, 0.1) is 0 Å². The van der Waals surface area contributed by atoms with Crippen LogP contribution in [0.3, 0.4) is 0 Å². The number of amides is 1. The maximum Gasteiger partial charge on any atom is 0.256 e. The van der Waals surface area contributed by atoms with E-state index in [9.17, 15) is 4.79 Å². The van der Waals surface area contributed by atoms with Gasteiger partial charge in [0, 0.05) is 25.1 Å². The molecule has 3 aromatic rings. The lowest BCUT2D eigenvalue weighted by atomic mass is 10.1. The molecule has 2 aromatic heterocycles. The minimum absolute atomic E-state index is 0.0436. The van der Waals surface area contributed by atoms with E-state index in [-0.39, 0.29) is 11.9 Å². The topological polar surface area (TPSA) is 51.0 Å². The molecule has 0 bridgehead atoms. The highest BCUT2D eigenvalue weighted by molar-refractivity contribution is 5.98. The molecule has 0 saturated carbocycles. The second-order valence-electron chi connectivity index (χ2n) is 5.62. The summed E-state index contributed by atoms with van der Waals surface area (Å²) in [6.45, 7) is 1.22. The standard InChI is InChI=1S/C18H16N4O/c23-18-15-7-4-8-20-16(15)11-22(18)17(12-21-10-9-19-13-21)14-5-2-1-3-6-14/h1-10,13,17H,11-12H2. The summed E-state index contributed by atoms with van der Waals surface area (Å²) in [4.78, 5) is 23.1. The number of fused-ring (bicyclic) bond motifs is 1. The highest BCUT2D eigenvalue weighted by atomic mass is 16.2. The molecule has 0 fully saturated rings. The maximum absolute atomic E-state index is 12.8. The summed E-state index contributed by atoms with van der Waals surface area (Å²) in [5.41, 5.74) is 2.67. The Balaban J connectivity index is 1.70. The van der Waals surface area contributed by atoms with Crippen LogP contribution < -0.4 is 0 Å². The van der Waals surface area contributed by atoms with Gasteiger partial charge in [0.25, 0.3) is 5.91 Å². The Hall–Kier alpha value is -2.95. The molecule has 3 heterocycles. The van der Waals surface area contributed by atoms with Gasteiger partial charge in [-0.3, -0.25) is 9.78 Å². The highest BCUT2D eigenvalue weighted by Gasteiger charge is 2.34. The van der Waals surface area contributed by atoms with Gasteiger partial charge in [-0.2, -0.15) is 0 Å². The lowest BCUT2D eigenvalue weighted by Crippen LogP contribution is -2.32. The minimum atomic E-state index is -0.0490. The van der Waals surface area contributed by atoms with Gasteiger partial charge in [-0.05, 0) is 17.7 Å². The molecule has 0 aliphatic carbocycles. The lowest BCUT2D eigenvalue weighted by molar-refractivity contribution is 0.0681. The smallest absolute Gasteiger partial charge is 0.256 e. The molecular weight excluding hydrogens is 288 g/mol. The summed E-state index contributed by atoms with van der Waals surface area (Å²) in [5.74, 6) is 0.0436. The van der Waals surface area contributed by atoms with Crippen LogP contribution in [0.2, 0.25) is 0 Å². The van der Waals surface area contributed by atoms with Gasteiger partial charge in [0.05, 0.1) is 30.2 Å². The number of carbonyl (C=O) groups is 1. The maximum atomic E-state index is 12.8. The average molecular weight is 304 g/mol. The molecule has 1 aliphatic rings. The van der Waals surface area contributed by atoms with Crippen LogP contribution in [0.1, 0.15) is 27.7 Å². The van der Waals surface area contributed by atoms with E-state index < -0.39 is 0 Å². The van der Waals surface area contributed by atoms with Crippen molar-refractivity contribution in [1.82, 2.24) is 19.4 Å². The van der Waals surface area contributed by atoms with Crippen molar-refractivity contribution in [3.05, 3.63) is 84.2 Å². The van der Waals surface area contributed by atoms with Crippen molar-refractivity contribution < 1.29 is 4.79 Å². The highest BCUT2D eigenvalue weighted by Crippen LogP contribution is 2.31. The Kier molecular flexibility index (Phi) is 3.38. The molecule has 0 radical (unpaired) electrons. The van der Waals surface area contributed by atoms with Crippen molar-refractivity contribution in [2.24, 2.45) is 0 Å². The number of benzene rings is 1. The van der Waals surface area contributed by atoms with E-state index in [1.165, 1.54) is 0 Å². The number of imidazole rings is 1. The van der Waals surface area contributed by atoms with E-state index in [1.807, 2.05) is 46.0 Å². The Morgan fingerprint density at radius 1 is 1.09 bits per heavy atom. The summed E-state index contributed by atoms with van der Waals surface area (Å²) in [6, 6.07) is 13.7. The third-order valence-corrected chi connectivity index (χ3v) is 4.21. The first-order valence-corrected chi connectivity index (χ1v) is 7.58. The second-order valence-corrected chi connectivity index (χ2v) is 5.62. The first-order chi connectivity index (χ1) is 11.3. The number of nitrogens with zero attached hydrogens (tertiary/aromatic N) is 4. The first-order valence-electron chi connectivity index (χ1n) is 7.58. The molecule has 114 valence electrons. The van der Waals surface area contributed by atoms with Crippen LogP contribution in [0.4, 0.5) is 0 Å². The van der Waals surface area contributed by atoms with Crippen LogP contribution in [0.25, 0.3) is 0 Å². The van der Waals surface area contributed by atoms with Crippen molar-refractivity contribution in [2.75, 3.05) is 0 Å². The van der Waals surface area contributed by atoms with Crippen molar-refractivity contribution in [3.63, 3.8) is 0 Å². The van der Waals surface area contributed by atoms with Crippen molar-refractivity contribution >= 4 is 5.91 Å². The minimum Gasteiger partial charge on any atom is -0.335 e. The van der Waals surface area contributed by atoms with Gasteiger partial charge < -0.3 is 9.47 Å². The molecule has 1 atom stereocenters. The Bertz CT molecular complexity index is 814. The van der Waals surface area contributed by atoms with Crippen LogP contribution in [-0.2, 0) is 13.1 Å². The molecule has 1 aromatic carbocycles. The van der Waals surface area contributed by atoms with Gasteiger partial charge in [-0.25, -0.2) is 4.98 Å². The Morgan fingerprint density at radius 3 is 2.70 bits per heavy atom. The van der Waals surface area contributed by atoms with Gasteiger partial charge in [0.2, 0.25) is 0 Å². The van der Waals surface area contributed by atoms with Gasteiger partial charge in [-0.15, -0.1) is 0 Å². The number of carbonyl (C=O) groups excluding carboxylic acids is 1. The molecular formula is C18H16N4O. The van der Waals surface area contributed by atoms with E-state index >= 15 is 0 Å². The van der Waals surface area contributed by atoms with Crippen molar-refractivity contribution in [2.45, 2.75) is 19.1 Å². The van der Waals surface area contributed by atoms with E-state index in [2.05, 4.69) is 22.1 Å². The third-order valence-electron chi connectivity index (χ3n) is 4.21. The molecule has 1 aliphatic heterocycles. The normalized spacial score (nSPS) is 14.8. The van der Waals surface area contributed by atoms with Crippen LogP contribution >= 0.6 is 0 Å². The van der Waals surface area contributed by atoms with Crippen molar-refractivity contribution in [3.8, 4) is 0 Å². The first kappa shape index (κ1) is 13.7. The van der Waals surface area contributed by atoms with Gasteiger partial charge in [0.1, 0.15) is 0 Å². The molecule has 4 rings (SSSR count). The van der Waals surface area contributed by atoms with Gasteiger partial charge in [0.15, 0.2) is 0 Å².